The van der Waals surface area contributed by atoms with Crippen LogP contribution in [0, 0.1) is 0 Å². The number of nitrogens with zero attached hydrogens (tertiary/aromatic N) is 4. The topological polar surface area (TPSA) is 103 Å². The Bertz CT molecular complexity index is 332. The summed E-state index contributed by atoms with van der Waals surface area (Å²) in [5.41, 5.74) is 7.26. The molecule has 1 aromatic rings. The summed E-state index contributed by atoms with van der Waals surface area (Å²) in [7, 11) is 0. The van der Waals surface area contributed by atoms with Crippen molar-refractivity contribution < 1.29 is 5.21 Å². The first-order chi connectivity index (χ1) is 6.31. The Hall–Kier alpha value is -1.79. The lowest BCUT2D eigenvalue weighted by atomic mass is 10.1. The van der Waals surface area contributed by atoms with Gasteiger partial charge in [-0.25, -0.2) is 0 Å². The lowest BCUT2D eigenvalue weighted by Gasteiger charge is -2.24. The molecule has 13 heavy (non-hydrogen) atoms. The highest BCUT2D eigenvalue weighted by atomic mass is 16.4. The first kappa shape index (κ1) is 7.84. The molecule has 0 saturated carbocycles. The second kappa shape index (κ2) is 2.92. The van der Waals surface area contributed by atoms with Crippen LogP contribution in [-0.4, -0.2) is 38.0 Å². The van der Waals surface area contributed by atoms with E-state index in [4.69, 9.17) is 10.9 Å². The van der Waals surface area contributed by atoms with Crippen LogP contribution in [0.3, 0.4) is 0 Å². The second-order valence-corrected chi connectivity index (χ2v) is 2.85. The van der Waals surface area contributed by atoms with E-state index in [2.05, 4.69) is 20.6 Å². The number of guanidine groups is 1. The number of oxime groups is 1. The Morgan fingerprint density at radius 2 is 2.31 bits per heavy atom. The Morgan fingerprint density at radius 3 is 3.08 bits per heavy atom. The number of H-pyrrole nitrogens is 1. The van der Waals surface area contributed by atoms with Gasteiger partial charge in [-0.05, 0) is 0 Å². The van der Waals surface area contributed by atoms with Crippen LogP contribution >= 0.6 is 0 Å². The van der Waals surface area contributed by atoms with Gasteiger partial charge in [-0.2, -0.15) is 15.4 Å². The molecule has 0 bridgehead atoms. The van der Waals surface area contributed by atoms with E-state index >= 15 is 0 Å². The average molecular weight is 182 g/mol. The van der Waals surface area contributed by atoms with Gasteiger partial charge in [0.1, 0.15) is 5.69 Å². The molecule has 2 heterocycles. The molecule has 1 aromatic heterocycles. The molecule has 1 aliphatic heterocycles. The van der Waals surface area contributed by atoms with Crippen LogP contribution in [0.1, 0.15) is 11.4 Å². The number of aromatic amines is 1. The maximum Gasteiger partial charge on any atom is 0.233 e. The number of nitrogens with one attached hydrogen (secondary N) is 1. The molecular formula is C6H10N6O. The van der Waals surface area contributed by atoms with Crippen LogP contribution in [0.25, 0.3) is 0 Å². The fourth-order valence-corrected chi connectivity index (χ4v) is 1.36. The Balaban J connectivity index is 2.17. The molecule has 7 heteroatoms. The zero-order valence-corrected chi connectivity index (χ0v) is 6.93. The zero-order chi connectivity index (χ0) is 9.26. The highest BCUT2D eigenvalue weighted by molar-refractivity contribution is 5.77. The highest BCUT2D eigenvalue weighted by Crippen LogP contribution is 2.12. The Morgan fingerprint density at radius 1 is 1.54 bits per heavy atom. The maximum absolute atomic E-state index is 8.46. The quantitative estimate of drug-likeness (QED) is 0.204. The fraction of sp³-hybridized carbons (Fsp3) is 0.500. The Labute approximate surface area is 74.2 Å². The van der Waals surface area contributed by atoms with Crippen molar-refractivity contribution in [3.05, 3.63) is 11.4 Å². The van der Waals surface area contributed by atoms with Crippen molar-refractivity contribution in [3.8, 4) is 0 Å². The molecule has 0 unspecified atom stereocenters. The van der Waals surface area contributed by atoms with E-state index in [9.17, 15) is 0 Å². The van der Waals surface area contributed by atoms with Gasteiger partial charge in [-0.1, -0.05) is 5.16 Å². The van der Waals surface area contributed by atoms with E-state index in [1.54, 1.807) is 4.90 Å². The number of aromatic nitrogens is 3. The van der Waals surface area contributed by atoms with Gasteiger partial charge in [0.25, 0.3) is 0 Å². The van der Waals surface area contributed by atoms with Crippen molar-refractivity contribution in [2.75, 3.05) is 6.54 Å². The van der Waals surface area contributed by atoms with Gasteiger partial charge < -0.3 is 15.8 Å². The molecule has 0 aromatic carbocycles. The van der Waals surface area contributed by atoms with Crippen LogP contribution in [0.2, 0.25) is 0 Å². The number of fused-ring (bicyclic) bond motifs is 1. The largest absolute Gasteiger partial charge is 0.408 e. The predicted octanol–water partition coefficient (Wildman–Crippen LogP) is -1.13. The first-order valence-electron chi connectivity index (χ1n) is 3.92. The highest BCUT2D eigenvalue weighted by Gasteiger charge is 2.20. The molecule has 0 radical (unpaired) electrons. The van der Waals surface area contributed by atoms with Crippen molar-refractivity contribution in [1.82, 2.24) is 20.3 Å². The number of rotatable bonds is 0. The predicted molar refractivity (Wildman–Crippen MR) is 43.9 cm³/mol. The fourth-order valence-electron chi connectivity index (χ4n) is 1.36. The normalized spacial score (nSPS) is 17.2. The zero-order valence-electron chi connectivity index (χ0n) is 6.93. The Kier molecular flexibility index (Phi) is 1.76. The van der Waals surface area contributed by atoms with E-state index in [0.29, 0.717) is 13.1 Å². The van der Waals surface area contributed by atoms with Crippen LogP contribution in [0.15, 0.2) is 5.16 Å². The molecule has 4 N–H and O–H groups in total. The average Bonchev–Trinajstić information content (AvgIpc) is 2.63. The van der Waals surface area contributed by atoms with Gasteiger partial charge in [-0.3, -0.25) is 0 Å². The summed E-state index contributed by atoms with van der Waals surface area (Å²) in [6, 6.07) is 0. The summed E-state index contributed by atoms with van der Waals surface area (Å²) in [5, 5.41) is 21.9. The summed E-state index contributed by atoms with van der Waals surface area (Å²) in [5.74, 6) is 0.119. The standard InChI is InChI=1S/C6H10N6O/c7-6(10-13)12-2-1-4-5(3-12)9-11-8-4/h13H,1-3H2,(H2,7,10)(H,8,9,11). The molecule has 1 aliphatic rings. The van der Waals surface area contributed by atoms with Crippen LogP contribution in [-0.2, 0) is 13.0 Å². The van der Waals surface area contributed by atoms with Crippen molar-refractivity contribution in [1.29, 1.82) is 0 Å². The monoisotopic (exact) mass is 182 g/mol. The van der Waals surface area contributed by atoms with Crippen molar-refractivity contribution in [2.24, 2.45) is 10.9 Å². The molecule has 0 aliphatic carbocycles. The van der Waals surface area contributed by atoms with E-state index in [0.717, 1.165) is 17.8 Å². The minimum absolute atomic E-state index is 0.119. The van der Waals surface area contributed by atoms with Crippen LogP contribution in [0.4, 0.5) is 0 Å². The molecule has 70 valence electrons. The van der Waals surface area contributed by atoms with Crippen molar-refractivity contribution in [2.45, 2.75) is 13.0 Å². The third-order valence-electron chi connectivity index (χ3n) is 2.09. The molecule has 7 nitrogen and oxygen atoms in total. The van der Waals surface area contributed by atoms with Gasteiger partial charge in [0.2, 0.25) is 5.96 Å². The van der Waals surface area contributed by atoms with E-state index in [1.807, 2.05) is 0 Å². The molecule has 2 rings (SSSR count). The molecule has 0 atom stereocenters. The SMILES string of the molecule is N/C(=N\O)N1CCc2n[nH]nc2C1. The summed E-state index contributed by atoms with van der Waals surface area (Å²) < 4.78 is 0. The number of hydrogen-bond acceptors (Lipinski definition) is 4. The van der Waals surface area contributed by atoms with Crippen LogP contribution < -0.4 is 5.73 Å². The molecular weight excluding hydrogens is 172 g/mol. The smallest absolute Gasteiger partial charge is 0.233 e. The van der Waals surface area contributed by atoms with Gasteiger partial charge in [0.15, 0.2) is 0 Å². The van der Waals surface area contributed by atoms with Gasteiger partial charge in [-0.15, -0.1) is 0 Å². The van der Waals surface area contributed by atoms with E-state index in [-0.39, 0.29) is 5.96 Å². The molecule has 0 saturated heterocycles. The summed E-state index contributed by atoms with van der Waals surface area (Å²) in [6.45, 7) is 1.25. The summed E-state index contributed by atoms with van der Waals surface area (Å²) in [6.07, 6.45) is 0.766. The van der Waals surface area contributed by atoms with Gasteiger partial charge in [0.05, 0.1) is 12.2 Å². The minimum atomic E-state index is 0.119. The number of hydrogen-bond donors (Lipinski definition) is 3. The lowest BCUT2D eigenvalue weighted by Crippen LogP contribution is -2.40. The summed E-state index contributed by atoms with van der Waals surface area (Å²) >= 11 is 0. The third kappa shape index (κ3) is 1.28. The number of nitrogens with two attached hydrogens (primary N) is 1. The van der Waals surface area contributed by atoms with Crippen LogP contribution in [0.5, 0.6) is 0 Å². The van der Waals surface area contributed by atoms with E-state index < -0.39 is 0 Å². The molecule has 0 amide bonds. The summed E-state index contributed by atoms with van der Waals surface area (Å²) in [4.78, 5) is 1.74. The van der Waals surface area contributed by atoms with Gasteiger partial charge in [0, 0.05) is 13.0 Å². The van der Waals surface area contributed by atoms with Gasteiger partial charge >= 0.3 is 0 Å². The third-order valence-corrected chi connectivity index (χ3v) is 2.09. The lowest BCUT2D eigenvalue weighted by molar-refractivity contribution is 0.291. The first-order valence-corrected chi connectivity index (χ1v) is 3.92. The minimum Gasteiger partial charge on any atom is -0.408 e. The van der Waals surface area contributed by atoms with E-state index in [1.165, 1.54) is 0 Å². The van der Waals surface area contributed by atoms with Crippen molar-refractivity contribution >= 4 is 5.96 Å². The maximum atomic E-state index is 8.46. The van der Waals surface area contributed by atoms with Crippen molar-refractivity contribution in [3.63, 3.8) is 0 Å². The molecule has 0 fully saturated rings. The molecule has 0 spiro atoms. The second-order valence-electron chi connectivity index (χ2n) is 2.85.